The van der Waals surface area contributed by atoms with E-state index in [-0.39, 0.29) is 0 Å². The third-order valence-electron chi connectivity index (χ3n) is 5.12. The SMILES string of the molecule is Cc1c(C=Nc2ccc(N3CCNCC3)cc2)c2ccccc2n1C. The fourth-order valence-corrected chi connectivity index (χ4v) is 3.52. The third-order valence-corrected chi connectivity index (χ3v) is 5.12. The number of nitrogens with zero attached hydrogens (tertiary/aromatic N) is 3. The molecule has 0 amide bonds. The molecule has 2 aromatic carbocycles. The molecule has 0 bridgehead atoms. The lowest BCUT2D eigenvalue weighted by Crippen LogP contribution is -2.43. The minimum atomic E-state index is 0.992. The molecule has 0 atom stereocenters. The van der Waals surface area contributed by atoms with E-state index in [1.54, 1.807) is 0 Å². The summed E-state index contributed by atoms with van der Waals surface area (Å²) in [6, 6.07) is 17.0. The zero-order valence-electron chi connectivity index (χ0n) is 14.9. The number of hydrogen-bond donors (Lipinski definition) is 1. The molecule has 128 valence electrons. The molecule has 0 radical (unpaired) electrons. The molecule has 1 N–H and O–H groups in total. The molecule has 2 heterocycles. The fraction of sp³-hybridized carbons (Fsp3) is 0.286. The van der Waals surface area contributed by atoms with Crippen LogP contribution in [0.15, 0.2) is 53.5 Å². The molecule has 25 heavy (non-hydrogen) atoms. The van der Waals surface area contributed by atoms with Crippen molar-refractivity contribution in [3.8, 4) is 0 Å². The number of aliphatic imine (C=N–C) groups is 1. The van der Waals surface area contributed by atoms with Crippen LogP contribution in [-0.2, 0) is 7.05 Å². The fourth-order valence-electron chi connectivity index (χ4n) is 3.52. The summed E-state index contributed by atoms with van der Waals surface area (Å²) in [6.07, 6.45) is 2.00. The number of benzene rings is 2. The molecular weight excluding hydrogens is 308 g/mol. The maximum atomic E-state index is 4.72. The molecule has 1 fully saturated rings. The zero-order valence-corrected chi connectivity index (χ0v) is 14.9. The van der Waals surface area contributed by atoms with Crippen molar-refractivity contribution in [2.45, 2.75) is 6.92 Å². The molecular formula is C21H24N4. The summed E-state index contributed by atoms with van der Waals surface area (Å²) in [7, 11) is 2.11. The average molecular weight is 332 g/mol. The highest BCUT2D eigenvalue weighted by Crippen LogP contribution is 2.25. The minimum absolute atomic E-state index is 0.992. The summed E-state index contributed by atoms with van der Waals surface area (Å²) in [5.74, 6) is 0. The molecule has 0 unspecified atom stereocenters. The lowest BCUT2D eigenvalue weighted by Gasteiger charge is -2.29. The molecule has 1 saturated heterocycles. The number of rotatable bonds is 3. The van der Waals surface area contributed by atoms with Gasteiger partial charge in [-0.1, -0.05) is 18.2 Å². The monoisotopic (exact) mass is 332 g/mol. The number of nitrogens with one attached hydrogen (secondary N) is 1. The van der Waals surface area contributed by atoms with Gasteiger partial charge in [0.1, 0.15) is 0 Å². The van der Waals surface area contributed by atoms with Crippen LogP contribution in [0.5, 0.6) is 0 Å². The van der Waals surface area contributed by atoms with Gasteiger partial charge in [-0.25, -0.2) is 0 Å². The Balaban J connectivity index is 1.59. The number of para-hydroxylation sites is 1. The van der Waals surface area contributed by atoms with Gasteiger partial charge >= 0.3 is 0 Å². The van der Waals surface area contributed by atoms with E-state index < -0.39 is 0 Å². The van der Waals surface area contributed by atoms with E-state index in [1.807, 2.05) is 6.21 Å². The standard InChI is InChI=1S/C21H24N4/c1-16-20(19-5-3-4-6-21(19)24(16)2)15-23-17-7-9-18(10-8-17)25-13-11-22-12-14-25/h3-10,15,22H,11-14H2,1-2H3. The molecule has 0 saturated carbocycles. The first-order chi connectivity index (χ1) is 12.2. The van der Waals surface area contributed by atoms with Crippen molar-refractivity contribution < 1.29 is 0 Å². The number of fused-ring (bicyclic) bond motifs is 1. The number of aryl methyl sites for hydroxylation is 1. The number of piperazine rings is 1. The summed E-state index contributed by atoms with van der Waals surface area (Å²) in [4.78, 5) is 7.13. The summed E-state index contributed by atoms with van der Waals surface area (Å²) in [5.41, 5.74) is 5.95. The first-order valence-electron chi connectivity index (χ1n) is 8.88. The summed E-state index contributed by atoms with van der Waals surface area (Å²) < 4.78 is 2.23. The second-order valence-electron chi connectivity index (χ2n) is 6.59. The van der Waals surface area contributed by atoms with E-state index in [0.717, 1.165) is 31.9 Å². The molecule has 0 aliphatic carbocycles. The van der Waals surface area contributed by atoms with Crippen molar-refractivity contribution >= 4 is 28.5 Å². The molecule has 0 spiro atoms. The van der Waals surface area contributed by atoms with Crippen LogP contribution in [0.1, 0.15) is 11.3 Å². The van der Waals surface area contributed by atoms with E-state index in [0.29, 0.717) is 0 Å². The maximum Gasteiger partial charge on any atom is 0.0631 e. The molecule has 4 rings (SSSR count). The summed E-state index contributed by atoms with van der Waals surface area (Å²) in [6.45, 7) is 6.39. The van der Waals surface area contributed by atoms with E-state index in [9.17, 15) is 0 Å². The Morgan fingerprint density at radius 1 is 1.00 bits per heavy atom. The van der Waals surface area contributed by atoms with E-state index in [2.05, 4.69) is 77.3 Å². The Bertz CT molecular complexity index is 900. The first-order valence-corrected chi connectivity index (χ1v) is 8.88. The zero-order chi connectivity index (χ0) is 17.2. The van der Waals surface area contributed by atoms with Gasteiger partial charge < -0.3 is 14.8 Å². The van der Waals surface area contributed by atoms with Crippen LogP contribution in [0.25, 0.3) is 10.9 Å². The molecule has 3 aromatic rings. The van der Waals surface area contributed by atoms with Crippen molar-refractivity contribution in [2.24, 2.45) is 12.0 Å². The second-order valence-corrected chi connectivity index (χ2v) is 6.59. The van der Waals surface area contributed by atoms with Gasteiger partial charge in [0, 0.05) is 67.3 Å². The number of hydrogen-bond acceptors (Lipinski definition) is 3. The number of aromatic nitrogens is 1. The Kier molecular flexibility index (Phi) is 4.28. The van der Waals surface area contributed by atoms with Gasteiger partial charge in [-0.3, -0.25) is 4.99 Å². The van der Waals surface area contributed by atoms with Crippen LogP contribution in [0.3, 0.4) is 0 Å². The van der Waals surface area contributed by atoms with Crippen molar-refractivity contribution in [1.82, 2.24) is 9.88 Å². The molecule has 1 aromatic heterocycles. The third kappa shape index (κ3) is 3.05. The maximum absolute atomic E-state index is 4.72. The van der Waals surface area contributed by atoms with Crippen molar-refractivity contribution in [3.05, 3.63) is 59.8 Å². The van der Waals surface area contributed by atoms with E-state index >= 15 is 0 Å². The Hall–Kier alpha value is -2.59. The predicted octanol–water partition coefficient (Wildman–Crippen LogP) is 3.65. The van der Waals surface area contributed by atoms with Crippen molar-refractivity contribution in [1.29, 1.82) is 0 Å². The van der Waals surface area contributed by atoms with Crippen molar-refractivity contribution in [3.63, 3.8) is 0 Å². The molecule has 1 aliphatic heterocycles. The largest absolute Gasteiger partial charge is 0.369 e. The van der Waals surface area contributed by atoms with E-state index in [4.69, 9.17) is 4.99 Å². The lowest BCUT2D eigenvalue weighted by molar-refractivity contribution is 0.589. The van der Waals surface area contributed by atoms with Crippen LogP contribution in [-0.4, -0.2) is 37.0 Å². The van der Waals surface area contributed by atoms with Crippen LogP contribution >= 0.6 is 0 Å². The molecule has 4 nitrogen and oxygen atoms in total. The van der Waals surface area contributed by atoms with Gasteiger partial charge in [0.25, 0.3) is 0 Å². The Morgan fingerprint density at radius 2 is 1.72 bits per heavy atom. The van der Waals surface area contributed by atoms with Gasteiger partial charge in [-0.05, 0) is 37.3 Å². The Labute approximate surface area is 148 Å². The first kappa shape index (κ1) is 15.9. The van der Waals surface area contributed by atoms with Gasteiger partial charge in [0.15, 0.2) is 0 Å². The lowest BCUT2D eigenvalue weighted by atomic mass is 10.1. The average Bonchev–Trinajstić information content (AvgIpc) is 2.92. The van der Waals surface area contributed by atoms with E-state index in [1.165, 1.54) is 27.8 Å². The highest BCUT2D eigenvalue weighted by molar-refractivity contribution is 6.01. The van der Waals surface area contributed by atoms with Crippen molar-refractivity contribution in [2.75, 3.05) is 31.1 Å². The van der Waals surface area contributed by atoms with Gasteiger partial charge in [0.05, 0.1) is 5.69 Å². The summed E-state index contributed by atoms with van der Waals surface area (Å²) >= 11 is 0. The van der Waals surface area contributed by atoms with Gasteiger partial charge in [-0.2, -0.15) is 0 Å². The second kappa shape index (κ2) is 6.73. The highest BCUT2D eigenvalue weighted by atomic mass is 15.2. The topological polar surface area (TPSA) is 32.6 Å². The number of anilines is 1. The Morgan fingerprint density at radius 3 is 2.48 bits per heavy atom. The van der Waals surface area contributed by atoms with Gasteiger partial charge in [0.2, 0.25) is 0 Å². The van der Waals surface area contributed by atoms with Gasteiger partial charge in [-0.15, -0.1) is 0 Å². The molecule has 1 aliphatic rings. The van der Waals surface area contributed by atoms with Crippen LogP contribution in [0, 0.1) is 6.92 Å². The summed E-state index contributed by atoms with van der Waals surface area (Å²) in [5, 5.41) is 4.64. The molecule has 4 heteroatoms. The smallest absolute Gasteiger partial charge is 0.0631 e. The predicted molar refractivity (Wildman–Crippen MR) is 106 cm³/mol. The van der Waals surface area contributed by atoms with Crippen LogP contribution in [0.4, 0.5) is 11.4 Å². The minimum Gasteiger partial charge on any atom is -0.369 e. The van der Waals surface area contributed by atoms with Crippen LogP contribution < -0.4 is 10.2 Å². The highest BCUT2D eigenvalue weighted by Gasteiger charge is 2.11. The van der Waals surface area contributed by atoms with Crippen LogP contribution in [0.2, 0.25) is 0 Å². The quantitative estimate of drug-likeness (QED) is 0.743. The normalized spacial score (nSPS) is 15.4.